The Kier molecular flexibility index (Phi) is 7.83. The Bertz CT molecular complexity index is 432. The van der Waals surface area contributed by atoms with E-state index in [-0.39, 0.29) is 0 Å². The number of aryl methyl sites for hydroxylation is 2. The molecule has 0 saturated carbocycles. The van der Waals surface area contributed by atoms with Crippen molar-refractivity contribution in [3.63, 3.8) is 0 Å². The molecule has 0 saturated heterocycles. The molecule has 118 valence electrons. The summed E-state index contributed by atoms with van der Waals surface area (Å²) in [6, 6.07) is 6.71. The Morgan fingerprint density at radius 2 is 1.67 bits per heavy atom. The van der Waals surface area contributed by atoms with Crippen LogP contribution in [0.5, 0.6) is 0 Å². The maximum absolute atomic E-state index is 4.25. The third-order valence-corrected chi connectivity index (χ3v) is 3.29. The predicted octanol–water partition coefficient (Wildman–Crippen LogP) is 1.96. The molecule has 0 atom stereocenters. The Morgan fingerprint density at radius 1 is 1.05 bits per heavy atom. The van der Waals surface area contributed by atoms with Crippen LogP contribution in [0.3, 0.4) is 0 Å². The quantitative estimate of drug-likeness (QED) is 0.458. The zero-order chi connectivity index (χ0) is 15.7. The molecule has 0 aliphatic rings. The van der Waals surface area contributed by atoms with Crippen molar-refractivity contribution >= 4 is 5.96 Å². The predicted molar refractivity (Wildman–Crippen MR) is 92.2 cm³/mol. The van der Waals surface area contributed by atoms with E-state index in [1.807, 2.05) is 7.05 Å². The highest BCUT2D eigenvalue weighted by molar-refractivity contribution is 5.79. The van der Waals surface area contributed by atoms with E-state index in [9.17, 15) is 0 Å². The van der Waals surface area contributed by atoms with Crippen molar-refractivity contribution in [1.29, 1.82) is 0 Å². The molecule has 0 fully saturated rings. The van der Waals surface area contributed by atoms with Crippen LogP contribution in [0.1, 0.15) is 23.1 Å². The van der Waals surface area contributed by atoms with Crippen molar-refractivity contribution < 1.29 is 0 Å². The zero-order valence-electron chi connectivity index (χ0n) is 14.2. The lowest BCUT2D eigenvalue weighted by molar-refractivity contribution is 0.399. The van der Waals surface area contributed by atoms with Crippen LogP contribution in [0.15, 0.2) is 23.2 Å². The van der Waals surface area contributed by atoms with Crippen molar-refractivity contribution in [2.75, 3.05) is 40.8 Å². The molecule has 2 N–H and O–H groups in total. The van der Waals surface area contributed by atoms with Crippen LogP contribution in [0, 0.1) is 13.8 Å². The molecule has 0 radical (unpaired) electrons. The Hall–Kier alpha value is -1.55. The molecule has 0 bridgehead atoms. The first-order chi connectivity index (χ1) is 10.0. The van der Waals surface area contributed by atoms with Gasteiger partial charge in [0.05, 0.1) is 0 Å². The highest BCUT2D eigenvalue weighted by Gasteiger charge is 1.99. The lowest BCUT2D eigenvalue weighted by Crippen LogP contribution is -2.39. The highest BCUT2D eigenvalue weighted by atomic mass is 15.2. The van der Waals surface area contributed by atoms with Gasteiger partial charge in [-0.05, 0) is 52.9 Å². The van der Waals surface area contributed by atoms with E-state index in [4.69, 9.17) is 0 Å². The summed E-state index contributed by atoms with van der Waals surface area (Å²) >= 11 is 0. The van der Waals surface area contributed by atoms with Crippen LogP contribution >= 0.6 is 0 Å². The molecule has 21 heavy (non-hydrogen) atoms. The molecule has 0 aromatic heterocycles. The number of hydrogen-bond donors (Lipinski definition) is 2. The number of rotatable bonds is 7. The molecule has 4 nitrogen and oxygen atoms in total. The summed E-state index contributed by atoms with van der Waals surface area (Å²) in [6.45, 7) is 7.23. The third-order valence-electron chi connectivity index (χ3n) is 3.29. The molecule has 0 aliphatic carbocycles. The van der Waals surface area contributed by atoms with E-state index in [0.29, 0.717) is 0 Å². The second-order valence-electron chi connectivity index (χ2n) is 5.83. The highest BCUT2D eigenvalue weighted by Crippen LogP contribution is 2.08. The lowest BCUT2D eigenvalue weighted by Gasteiger charge is -2.14. The van der Waals surface area contributed by atoms with Gasteiger partial charge in [-0.2, -0.15) is 0 Å². The van der Waals surface area contributed by atoms with Gasteiger partial charge in [0.2, 0.25) is 0 Å². The summed E-state index contributed by atoms with van der Waals surface area (Å²) in [5, 5.41) is 6.72. The van der Waals surface area contributed by atoms with E-state index in [1.54, 1.807) is 0 Å². The van der Waals surface area contributed by atoms with Gasteiger partial charge >= 0.3 is 0 Å². The molecule has 1 aromatic carbocycles. The SMILES string of the molecule is CN=C(NCCCN(C)C)NCCc1cc(C)cc(C)c1. The van der Waals surface area contributed by atoms with Crippen molar-refractivity contribution in [3.05, 3.63) is 34.9 Å². The number of nitrogens with one attached hydrogen (secondary N) is 2. The van der Waals surface area contributed by atoms with Gasteiger partial charge in [-0.15, -0.1) is 0 Å². The van der Waals surface area contributed by atoms with Crippen LogP contribution in [0.4, 0.5) is 0 Å². The van der Waals surface area contributed by atoms with E-state index < -0.39 is 0 Å². The summed E-state index contributed by atoms with van der Waals surface area (Å²) < 4.78 is 0. The van der Waals surface area contributed by atoms with Gasteiger partial charge in [0.25, 0.3) is 0 Å². The normalized spacial score (nSPS) is 11.8. The van der Waals surface area contributed by atoms with Crippen LogP contribution in [-0.2, 0) is 6.42 Å². The topological polar surface area (TPSA) is 39.7 Å². The van der Waals surface area contributed by atoms with Crippen molar-refractivity contribution in [1.82, 2.24) is 15.5 Å². The lowest BCUT2D eigenvalue weighted by atomic mass is 10.1. The minimum atomic E-state index is 0.887. The fourth-order valence-electron chi connectivity index (χ4n) is 2.36. The van der Waals surface area contributed by atoms with Gasteiger partial charge in [0.15, 0.2) is 5.96 Å². The van der Waals surface area contributed by atoms with Gasteiger partial charge in [-0.1, -0.05) is 29.3 Å². The standard InChI is InChI=1S/C17H30N4/c1-14-11-15(2)13-16(12-14)7-9-20-17(18-3)19-8-6-10-21(4)5/h11-13H,6-10H2,1-5H3,(H2,18,19,20). The number of aliphatic imine (C=N–C) groups is 1. The molecule has 0 spiro atoms. The van der Waals surface area contributed by atoms with E-state index in [0.717, 1.165) is 38.4 Å². The Balaban J connectivity index is 2.29. The second-order valence-corrected chi connectivity index (χ2v) is 5.83. The van der Waals surface area contributed by atoms with Crippen LogP contribution < -0.4 is 10.6 Å². The third kappa shape index (κ3) is 7.71. The summed E-state index contributed by atoms with van der Waals surface area (Å²) in [7, 11) is 6.01. The van der Waals surface area contributed by atoms with Gasteiger partial charge < -0.3 is 15.5 Å². The molecule has 0 amide bonds. The molecular formula is C17H30N4. The summed E-state index contributed by atoms with van der Waals surface area (Å²) in [5.74, 6) is 0.887. The zero-order valence-corrected chi connectivity index (χ0v) is 14.2. The molecule has 0 unspecified atom stereocenters. The minimum Gasteiger partial charge on any atom is -0.356 e. The first kappa shape index (κ1) is 17.5. The smallest absolute Gasteiger partial charge is 0.190 e. The number of hydrogen-bond acceptors (Lipinski definition) is 2. The monoisotopic (exact) mass is 290 g/mol. The molecule has 0 heterocycles. The minimum absolute atomic E-state index is 0.887. The van der Waals surface area contributed by atoms with Gasteiger partial charge in [0, 0.05) is 20.1 Å². The van der Waals surface area contributed by atoms with Crippen molar-refractivity contribution in [2.45, 2.75) is 26.7 Å². The fourth-order valence-corrected chi connectivity index (χ4v) is 2.36. The number of guanidine groups is 1. The van der Waals surface area contributed by atoms with Gasteiger partial charge in [-0.25, -0.2) is 0 Å². The summed E-state index contributed by atoms with van der Waals surface area (Å²) in [6.07, 6.45) is 2.13. The Morgan fingerprint density at radius 3 is 2.24 bits per heavy atom. The number of benzene rings is 1. The second kappa shape index (κ2) is 9.40. The molecule has 0 aliphatic heterocycles. The molecular weight excluding hydrogens is 260 g/mol. The van der Waals surface area contributed by atoms with Crippen LogP contribution in [-0.4, -0.2) is 51.6 Å². The molecule has 1 aromatic rings. The average Bonchev–Trinajstić information content (AvgIpc) is 2.40. The van der Waals surface area contributed by atoms with Gasteiger partial charge in [0.1, 0.15) is 0 Å². The largest absolute Gasteiger partial charge is 0.356 e. The van der Waals surface area contributed by atoms with Gasteiger partial charge in [-0.3, -0.25) is 4.99 Å². The first-order valence-electron chi connectivity index (χ1n) is 7.67. The Labute approximate surface area is 129 Å². The average molecular weight is 290 g/mol. The van der Waals surface area contributed by atoms with Crippen LogP contribution in [0.25, 0.3) is 0 Å². The molecule has 4 heteroatoms. The van der Waals surface area contributed by atoms with Crippen molar-refractivity contribution in [3.8, 4) is 0 Å². The van der Waals surface area contributed by atoms with Crippen LogP contribution in [0.2, 0.25) is 0 Å². The van der Waals surface area contributed by atoms with E-state index in [2.05, 4.69) is 66.7 Å². The first-order valence-corrected chi connectivity index (χ1v) is 7.67. The van der Waals surface area contributed by atoms with E-state index >= 15 is 0 Å². The van der Waals surface area contributed by atoms with E-state index in [1.165, 1.54) is 16.7 Å². The molecule has 1 rings (SSSR count). The summed E-state index contributed by atoms with van der Waals surface area (Å²) in [5.41, 5.74) is 4.04. The maximum Gasteiger partial charge on any atom is 0.190 e. The number of nitrogens with zero attached hydrogens (tertiary/aromatic N) is 2. The maximum atomic E-state index is 4.25. The fraction of sp³-hybridized carbons (Fsp3) is 0.588. The van der Waals surface area contributed by atoms with Crippen molar-refractivity contribution in [2.24, 2.45) is 4.99 Å². The summed E-state index contributed by atoms with van der Waals surface area (Å²) in [4.78, 5) is 6.44.